The monoisotopic (exact) mass is 224 g/mol. The Hall–Kier alpha value is -1.98. The Morgan fingerprint density at radius 2 is 2.19 bits per heavy atom. The van der Waals surface area contributed by atoms with Crippen LogP contribution >= 0.6 is 0 Å². The van der Waals surface area contributed by atoms with Gasteiger partial charge in [0.2, 0.25) is 0 Å². The Balaban J connectivity index is 2.19. The molecule has 0 atom stereocenters. The third-order valence-corrected chi connectivity index (χ3v) is 1.91. The van der Waals surface area contributed by atoms with E-state index in [1.165, 1.54) is 6.26 Å². The van der Waals surface area contributed by atoms with Crippen LogP contribution in [0.5, 0.6) is 0 Å². The van der Waals surface area contributed by atoms with E-state index in [1.54, 1.807) is 26.2 Å². The summed E-state index contributed by atoms with van der Waals surface area (Å²) in [6.45, 7) is 1.10. The minimum absolute atomic E-state index is 0.216. The Kier molecular flexibility index (Phi) is 4.91. The Morgan fingerprint density at radius 3 is 2.75 bits per heavy atom. The van der Waals surface area contributed by atoms with E-state index in [1.807, 2.05) is 0 Å². The van der Waals surface area contributed by atoms with Gasteiger partial charge in [0.1, 0.15) is 0 Å². The van der Waals surface area contributed by atoms with Gasteiger partial charge >= 0.3 is 0 Å². The number of carbonyl (C=O) groups is 1. The van der Waals surface area contributed by atoms with E-state index in [-0.39, 0.29) is 5.91 Å². The van der Waals surface area contributed by atoms with Crippen molar-refractivity contribution >= 4 is 11.9 Å². The van der Waals surface area contributed by atoms with Gasteiger partial charge in [-0.1, -0.05) is 0 Å². The third kappa shape index (κ3) is 3.64. The number of hydrogen-bond donors (Lipinski definition) is 3. The number of aliphatic imine (C=N–C) groups is 1. The maximum absolute atomic E-state index is 11.4. The van der Waals surface area contributed by atoms with Crippen molar-refractivity contribution in [1.82, 2.24) is 16.0 Å². The topological polar surface area (TPSA) is 78.7 Å². The Morgan fingerprint density at radius 1 is 1.44 bits per heavy atom. The van der Waals surface area contributed by atoms with Crippen molar-refractivity contribution in [2.24, 2.45) is 4.99 Å². The first kappa shape index (κ1) is 12.1. The predicted molar refractivity (Wildman–Crippen MR) is 61.5 cm³/mol. The summed E-state index contributed by atoms with van der Waals surface area (Å²) in [6.07, 6.45) is 1.47. The van der Waals surface area contributed by atoms with Crippen LogP contribution in [-0.4, -0.2) is 39.1 Å². The van der Waals surface area contributed by atoms with Gasteiger partial charge in [-0.2, -0.15) is 0 Å². The molecular weight excluding hydrogens is 208 g/mol. The molecule has 0 spiro atoms. The molecule has 6 heteroatoms. The summed E-state index contributed by atoms with van der Waals surface area (Å²) in [6, 6.07) is 3.30. The molecule has 0 bridgehead atoms. The van der Waals surface area contributed by atoms with Gasteiger partial charge in [-0.05, 0) is 12.1 Å². The molecule has 0 radical (unpaired) electrons. The minimum atomic E-state index is -0.216. The molecule has 1 aromatic rings. The highest BCUT2D eigenvalue weighted by Crippen LogP contribution is 1.98. The van der Waals surface area contributed by atoms with Crippen LogP contribution in [0.4, 0.5) is 0 Å². The van der Waals surface area contributed by atoms with Crippen LogP contribution < -0.4 is 16.0 Å². The number of guanidine groups is 1. The molecule has 3 N–H and O–H groups in total. The largest absolute Gasteiger partial charge is 0.459 e. The van der Waals surface area contributed by atoms with Crippen molar-refractivity contribution in [3.05, 3.63) is 24.2 Å². The number of amides is 1. The molecule has 0 aliphatic heterocycles. The second kappa shape index (κ2) is 6.49. The molecule has 88 valence electrons. The van der Waals surface area contributed by atoms with Crippen molar-refractivity contribution < 1.29 is 9.21 Å². The SMILES string of the molecule is CN=C(NC)NCCNC(=O)c1ccco1. The summed E-state index contributed by atoms with van der Waals surface area (Å²) in [5.74, 6) is 0.788. The van der Waals surface area contributed by atoms with Gasteiger partial charge in [0.05, 0.1) is 6.26 Å². The molecule has 16 heavy (non-hydrogen) atoms. The zero-order valence-corrected chi connectivity index (χ0v) is 9.41. The van der Waals surface area contributed by atoms with Crippen molar-refractivity contribution in [2.75, 3.05) is 27.2 Å². The molecule has 1 rings (SSSR count). The fourth-order valence-corrected chi connectivity index (χ4v) is 1.13. The quantitative estimate of drug-likeness (QED) is 0.376. The molecule has 1 amide bonds. The average molecular weight is 224 g/mol. The highest BCUT2D eigenvalue weighted by atomic mass is 16.3. The average Bonchev–Trinajstić information content (AvgIpc) is 2.82. The van der Waals surface area contributed by atoms with E-state index in [0.29, 0.717) is 24.8 Å². The smallest absolute Gasteiger partial charge is 0.287 e. The Labute approximate surface area is 94.1 Å². The molecular formula is C10H16N4O2. The molecule has 1 aromatic heterocycles. The number of rotatable bonds is 4. The summed E-state index contributed by atoms with van der Waals surface area (Å²) in [5, 5.41) is 8.60. The van der Waals surface area contributed by atoms with E-state index in [9.17, 15) is 4.79 Å². The number of furan rings is 1. The van der Waals surface area contributed by atoms with Crippen LogP contribution in [0.15, 0.2) is 27.8 Å². The summed E-state index contributed by atoms with van der Waals surface area (Å²) < 4.78 is 4.95. The molecule has 1 heterocycles. The molecule has 0 saturated heterocycles. The van der Waals surface area contributed by atoms with E-state index in [4.69, 9.17) is 4.42 Å². The van der Waals surface area contributed by atoms with Gasteiger partial charge < -0.3 is 20.4 Å². The summed E-state index contributed by atoms with van der Waals surface area (Å²) in [4.78, 5) is 15.3. The van der Waals surface area contributed by atoms with Gasteiger partial charge in [-0.25, -0.2) is 0 Å². The number of nitrogens with one attached hydrogen (secondary N) is 3. The first-order valence-corrected chi connectivity index (χ1v) is 4.98. The van der Waals surface area contributed by atoms with E-state index in [2.05, 4.69) is 20.9 Å². The number of carbonyl (C=O) groups excluding carboxylic acids is 1. The molecule has 0 aromatic carbocycles. The highest BCUT2D eigenvalue weighted by molar-refractivity contribution is 5.91. The number of hydrogen-bond acceptors (Lipinski definition) is 3. The fraction of sp³-hybridized carbons (Fsp3) is 0.400. The highest BCUT2D eigenvalue weighted by Gasteiger charge is 2.06. The van der Waals surface area contributed by atoms with Crippen LogP contribution in [0.2, 0.25) is 0 Å². The maximum Gasteiger partial charge on any atom is 0.287 e. The van der Waals surface area contributed by atoms with Gasteiger partial charge in [-0.3, -0.25) is 9.79 Å². The molecule has 6 nitrogen and oxygen atoms in total. The van der Waals surface area contributed by atoms with Crippen molar-refractivity contribution in [2.45, 2.75) is 0 Å². The Bertz CT molecular complexity index is 346. The van der Waals surface area contributed by atoms with Gasteiger partial charge in [0, 0.05) is 27.2 Å². The van der Waals surface area contributed by atoms with Crippen molar-refractivity contribution in [3.8, 4) is 0 Å². The lowest BCUT2D eigenvalue weighted by molar-refractivity contribution is 0.0926. The standard InChI is InChI=1S/C10H16N4O2/c1-11-10(12-2)14-6-5-13-9(15)8-4-3-7-16-8/h3-4,7H,5-6H2,1-2H3,(H,13,15)(H2,11,12,14). The van der Waals surface area contributed by atoms with E-state index in [0.717, 1.165) is 0 Å². The molecule has 0 aliphatic rings. The van der Waals surface area contributed by atoms with Crippen LogP contribution in [0.3, 0.4) is 0 Å². The third-order valence-electron chi connectivity index (χ3n) is 1.91. The van der Waals surface area contributed by atoms with Gasteiger partial charge in [0.15, 0.2) is 11.7 Å². The van der Waals surface area contributed by atoms with Crippen LogP contribution in [-0.2, 0) is 0 Å². The minimum Gasteiger partial charge on any atom is -0.459 e. The first-order chi connectivity index (χ1) is 7.77. The van der Waals surface area contributed by atoms with Crippen LogP contribution in [0, 0.1) is 0 Å². The summed E-state index contributed by atoms with van der Waals surface area (Å²) >= 11 is 0. The van der Waals surface area contributed by atoms with Gasteiger partial charge in [0.25, 0.3) is 5.91 Å². The maximum atomic E-state index is 11.4. The normalized spacial score (nSPS) is 11.0. The lowest BCUT2D eigenvalue weighted by Gasteiger charge is -2.08. The molecule has 0 aliphatic carbocycles. The second-order valence-electron chi connectivity index (χ2n) is 2.98. The first-order valence-electron chi connectivity index (χ1n) is 4.98. The fourth-order valence-electron chi connectivity index (χ4n) is 1.13. The zero-order chi connectivity index (χ0) is 11.8. The van der Waals surface area contributed by atoms with Crippen molar-refractivity contribution in [1.29, 1.82) is 0 Å². The second-order valence-corrected chi connectivity index (χ2v) is 2.98. The predicted octanol–water partition coefficient (Wildman–Crippen LogP) is -0.196. The lowest BCUT2D eigenvalue weighted by atomic mass is 10.4. The van der Waals surface area contributed by atoms with Crippen LogP contribution in [0.1, 0.15) is 10.6 Å². The van der Waals surface area contributed by atoms with E-state index < -0.39 is 0 Å². The molecule has 0 unspecified atom stereocenters. The zero-order valence-electron chi connectivity index (χ0n) is 9.41. The van der Waals surface area contributed by atoms with Crippen LogP contribution in [0.25, 0.3) is 0 Å². The summed E-state index contributed by atoms with van der Waals surface area (Å²) in [5.41, 5.74) is 0. The lowest BCUT2D eigenvalue weighted by Crippen LogP contribution is -2.39. The number of nitrogens with zero attached hydrogens (tertiary/aromatic N) is 1. The summed E-state index contributed by atoms with van der Waals surface area (Å²) in [7, 11) is 3.46. The van der Waals surface area contributed by atoms with Crippen molar-refractivity contribution in [3.63, 3.8) is 0 Å². The molecule has 0 fully saturated rings. The van der Waals surface area contributed by atoms with Gasteiger partial charge in [-0.15, -0.1) is 0 Å². The molecule has 0 saturated carbocycles. The van der Waals surface area contributed by atoms with E-state index >= 15 is 0 Å².